The minimum absolute atomic E-state index is 0.556. The maximum Gasteiger partial charge on any atom is 0.268 e. The Hall–Kier alpha value is -2.73. The molecule has 0 amide bonds. The second-order valence-corrected chi connectivity index (χ2v) is 6.17. The van der Waals surface area contributed by atoms with Crippen LogP contribution in [0.15, 0.2) is 53.2 Å². The zero-order valence-electron chi connectivity index (χ0n) is 11.8. The first kappa shape index (κ1) is 13.0. The molecule has 3 heterocycles. The highest BCUT2D eigenvalue weighted by Gasteiger charge is 2.12. The standard InChI is InChI=1S/C16H12N4OS/c1-10-5-6-14(22-10)16-18-15(20-21-16)12-4-2-3-11(9-12)13-7-8-17-19-13/h2-9H,1H3,(H,17,19). The quantitative estimate of drug-likeness (QED) is 0.617. The van der Waals surface area contributed by atoms with Gasteiger partial charge in [0.25, 0.3) is 5.89 Å². The number of hydrogen-bond donors (Lipinski definition) is 1. The van der Waals surface area contributed by atoms with Crippen molar-refractivity contribution in [3.8, 4) is 33.4 Å². The van der Waals surface area contributed by atoms with Crippen LogP contribution in [0.4, 0.5) is 0 Å². The van der Waals surface area contributed by atoms with Gasteiger partial charge in [-0.1, -0.05) is 23.4 Å². The molecule has 0 unspecified atom stereocenters. The second-order valence-electron chi connectivity index (χ2n) is 4.88. The lowest BCUT2D eigenvalue weighted by Crippen LogP contribution is -1.83. The van der Waals surface area contributed by atoms with Crippen molar-refractivity contribution in [3.63, 3.8) is 0 Å². The summed E-state index contributed by atoms with van der Waals surface area (Å²) in [5, 5.41) is 11.0. The fourth-order valence-electron chi connectivity index (χ4n) is 2.23. The van der Waals surface area contributed by atoms with Crippen molar-refractivity contribution in [2.45, 2.75) is 6.92 Å². The predicted molar refractivity (Wildman–Crippen MR) is 85.4 cm³/mol. The van der Waals surface area contributed by atoms with Crippen LogP contribution in [0.1, 0.15) is 4.88 Å². The van der Waals surface area contributed by atoms with Crippen LogP contribution < -0.4 is 0 Å². The van der Waals surface area contributed by atoms with Crippen LogP contribution in [0.2, 0.25) is 0 Å². The number of aryl methyl sites for hydroxylation is 1. The summed E-state index contributed by atoms with van der Waals surface area (Å²) in [6.07, 6.45) is 1.73. The molecule has 0 aliphatic rings. The number of nitrogens with one attached hydrogen (secondary N) is 1. The number of benzene rings is 1. The summed E-state index contributed by atoms with van der Waals surface area (Å²) in [5.74, 6) is 1.14. The van der Waals surface area contributed by atoms with Crippen LogP contribution in [-0.4, -0.2) is 20.3 Å². The van der Waals surface area contributed by atoms with Gasteiger partial charge < -0.3 is 4.52 Å². The Labute approximate surface area is 130 Å². The fraction of sp³-hybridized carbons (Fsp3) is 0.0625. The lowest BCUT2D eigenvalue weighted by Gasteiger charge is -1.99. The molecule has 4 rings (SSSR count). The van der Waals surface area contributed by atoms with Gasteiger partial charge in [0, 0.05) is 22.2 Å². The van der Waals surface area contributed by atoms with E-state index in [-0.39, 0.29) is 0 Å². The van der Waals surface area contributed by atoms with Crippen LogP contribution in [-0.2, 0) is 0 Å². The first-order valence-corrected chi connectivity index (χ1v) is 7.62. The fourth-order valence-corrected chi connectivity index (χ4v) is 3.02. The summed E-state index contributed by atoms with van der Waals surface area (Å²) in [4.78, 5) is 6.70. The Morgan fingerprint density at radius 2 is 2.00 bits per heavy atom. The summed E-state index contributed by atoms with van der Waals surface area (Å²) in [6.45, 7) is 2.05. The largest absolute Gasteiger partial charge is 0.333 e. The Bertz CT molecular complexity index is 908. The minimum atomic E-state index is 0.556. The maximum absolute atomic E-state index is 5.38. The van der Waals surface area contributed by atoms with E-state index in [1.165, 1.54) is 4.88 Å². The molecule has 4 aromatic rings. The van der Waals surface area contributed by atoms with Crippen molar-refractivity contribution in [1.29, 1.82) is 0 Å². The zero-order chi connectivity index (χ0) is 14.9. The van der Waals surface area contributed by atoms with Crippen LogP contribution >= 0.6 is 11.3 Å². The van der Waals surface area contributed by atoms with E-state index < -0.39 is 0 Å². The average molecular weight is 308 g/mol. The van der Waals surface area contributed by atoms with E-state index >= 15 is 0 Å². The predicted octanol–water partition coefficient (Wildman–Crippen LogP) is 4.16. The number of H-pyrrole nitrogens is 1. The molecule has 0 saturated carbocycles. The summed E-state index contributed by atoms with van der Waals surface area (Å²) in [5.41, 5.74) is 2.91. The first-order valence-electron chi connectivity index (χ1n) is 6.80. The highest BCUT2D eigenvalue weighted by Crippen LogP contribution is 2.29. The van der Waals surface area contributed by atoms with Crippen molar-refractivity contribution in [3.05, 3.63) is 53.5 Å². The molecule has 0 saturated heterocycles. The Morgan fingerprint density at radius 3 is 2.77 bits per heavy atom. The van der Waals surface area contributed by atoms with Crippen molar-refractivity contribution < 1.29 is 4.52 Å². The molecule has 1 aromatic carbocycles. The SMILES string of the molecule is Cc1ccc(-c2nc(-c3cccc(-c4ccn[nH]4)c3)no2)s1. The van der Waals surface area contributed by atoms with Crippen molar-refractivity contribution in [1.82, 2.24) is 20.3 Å². The molecule has 22 heavy (non-hydrogen) atoms. The lowest BCUT2D eigenvalue weighted by molar-refractivity contribution is 0.433. The van der Waals surface area contributed by atoms with E-state index in [0.29, 0.717) is 11.7 Å². The third kappa shape index (κ3) is 2.33. The highest BCUT2D eigenvalue weighted by molar-refractivity contribution is 7.15. The molecule has 3 aromatic heterocycles. The Balaban J connectivity index is 1.71. The molecule has 5 nitrogen and oxygen atoms in total. The molecule has 0 fully saturated rings. The average Bonchev–Trinajstić information content (AvgIpc) is 3.28. The number of aromatic nitrogens is 4. The van der Waals surface area contributed by atoms with Gasteiger partial charge in [-0.05, 0) is 31.2 Å². The summed E-state index contributed by atoms with van der Waals surface area (Å²) in [7, 11) is 0. The van der Waals surface area contributed by atoms with Gasteiger partial charge in [0.15, 0.2) is 0 Å². The smallest absolute Gasteiger partial charge is 0.268 e. The van der Waals surface area contributed by atoms with Crippen molar-refractivity contribution in [2.75, 3.05) is 0 Å². The van der Waals surface area contributed by atoms with Crippen LogP contribution in [0, 0.1) is 6.92 Å². The molecule has 6 heteroatoms. The number of hydrogen-bond acceptors (Lipinski definition) is 5. The number of nitrogens with zero attached hydrogens (tertiary/aromatic N) is 3. The van der Waals surface area contributed by atoms with E-state index in [9.17, 15) is 0 Å². The lowest BCUT2D eigenvalue weighted by atomic mass is 10.1. The third-order valence-corrected chi connectivity index (χ3v) is 4.30. The van der Waals surface area contributed by atoms with E-state index in [2.05, 4.69) is 27.3 Å². The van der Waals surface area contributed by atoms with E-state index in [1.807, 2.05) is 42.5 Å². The molecule has 0 radical (unpaired) electrons. The Kier molecular flexibility index (Phi) is 3.08. The van der Waals surface area contributed by atoms with Crippen LogP contribution in [0.25, 0.3) is 33.4 Å². The first-order chi connectivity index (χ1) is 10.8. The van der Waals surface area contributed by atoms with E-state index in [0.717, 1.165) is 21.7 Å². The van der Waals surface area contributed by atoms with Gasteiger partial charge in [0.05, 0.1) is 10.6 Å². The van der Waals surface area contributed by atoms with Crippen molar-refractivity contribution >= 4 is 11.3 Å². The summed E-state index contributed by atoms with van der Waals surface area (Å²) >= 11 is 1.64. The summed E-state index contributed by atoms with van der Waals surface area (Å²) in [6, 6.07) is 13.9. The van der Waals surface area contributed by atoms with Gasteiger partial charge in [-0.25, -0.2) is 0 Å². The summed E-state index contributed by atoms with van der Waals surface area (Å²) < 4.78 is 5.38. The van der Waals surface area contributed by atoms with Crippen LogP contribution in [0.5, 0.6) is 0 Å². The molecule has 0 aliphatic carbocycles. The molecular formula is C16H12N4OS. The van der Waals surface area contributed by atoms with E-state index in [4.69, 9.17) is 4.52 Å². The van der Waals surface area contributed by atoms with Gasteiger partial charge in [-0.2, -0.15) is 10.1 Å². The van der Waals surface area contributed by atoms with E-state index in [1.54, 1.807) is 17.5 Å². The van der Waals surface area contributed by atoms with Gasteiger partial charge in [-0.3, -0.25) is 5.10 Å². The van der Waals surface area contributed by atoms with Gasteiger partial charge in [0.1, 0.15) is 0 Å². The Morgan fingerprint density at radius 1 is 1.09 bits per heavy atom. The normalized spacial score (nSPS) is 11.0. The third-order valence-electron chi connectivity index (χ3n) is 3.31. The van der Waals surface area contributed by atoms with Gasteiger partial charge in [-0.15, -0.1) is 11.3 Å². The molecule has 0 spiro atoms. The number of aromatic amines is 1. The number of thiophene rings is 1. The molecule has 0 aliphatic heterocycles. The van der Waals surface area contributed by atoms with Gasteiger partial charge >= 0.3 is 0 Å². The van der Waals surface area contributed by atoms with Crippen molar-refractivity contribution in [2.24, 2.45) is 0 Å². The second kappa shape index (κ2) is 5.23. The molecule has 0 bridgehead atoms. The molecule has 1 N–H and O–H groups in total. The maximum atomic E-state index is 5.38. The zero-order valence-corrected chi connectivity index (χ0v) is 12.6. The van der Waals surface area contributed by atoms with Crippen LogP contribution in [0.3, 0.4) is 0 Å². The highest BCUT2D eigenvalue weighted by atomic mass is 32.1. The minimum Gasteiger partial charge on any atom is -0.333 e. The van der Waals surface area contributed by atoms with Gasteiger partial charge in [0.2, 0.25) is 5.82 Å². The topological polar surface area (TPSA) is 67.6 Å². The molecule has 108 valence electrons. The molecule has 0 atom stereocenters. The number of rotatable bonds is 3. The monoisotopic (exact) mass is 308 g/mol. The molecular weight excluding hydrogens is 296 g/mol.